The highest BCUT2D eigenvalue weighted by atomic mass is 35.5. The van der Waals surface area contributed by atoms with E-state index in [0.29, 0.717) is 11.6 Å². The van der Waals surface area contributed by atoms with Crippen LogP contribution in [0.5, 0.6) is 0 Å². The van der Waals surface area contributed by atoms with Gasteiger partial charge >= 0.3 is 0 Å². The Balaban J connectivity index is 2.53. The molecule has 0 saturated heterocycles. The van der Waals surface area contributed by atoms with Crippen molar-refractivity contribution in [3.8, 4) is 5.69 Å². The summed E-state index contributed by atoms with van der Waals surface area (Å²) in [5.41, 5.74) is 6.26. The van der Waals surface area contributed by atoms with Crippen LogP contribution in [0, 0.1) is 5.82 Å². The number of nitrogens with zero attached hydrogens (tertiary/aromatic N) is 2. The number of imidazole rings is 1. The fraction of sp³-hybridized carbons (Fsp3) is 0. The van der Waals surface area contributed by atoms with Crippen molar-refractivity contribution in [1.29, 1.82) is 0 Å². The van der Waals surface area contributed by atoms with Gasteiger partial charge in [-0.15, -0.1) is 0 Å². The summed E-state index contributed by atoms with van der Waals surface area (Å²) in [6.45, 7) is 0. The molecule has 2 aromatic rings. The third-order valence-electron chi connectivity index (χ3n) is 1.85. The van der Waals surface area contributed by atoms with Crippen molar-refractivity contribution in [3.63, 3.8) is 0 Å². The van der Waals surface area contributed by atoms with Crippen molar-refractivity contribution in [2.75, 3.05) is 5.73 Å². The van der Waals surface area contributed by atoms with Crippen LogP contribution in [0.2, 0.25) is 5.02 Å². The minimum absolute atomic E-state index is 0.0654. The molecule has 0 aliphatic carbocycles. The number of hydrogen-bond acceptors (Lipinski definition) is 2. The maximum Gasteiger partial charge on any atom is 0.204 e. The predicted octanol–water partition coefficient (Wildman–Crippen LogP) is 2.25. The van der Waals surface area contributed by atoms with Crippen LogP contribution >= 0.6 is 11.6 Å². The zero-order chi connectivity index (χ0) is 10.1. The first-order valence-electron chi connectivity index (χ1n) is 3.93. The maximum atomic E-state index is 12.9. The van der Waals surface area contributed by atoms with Crippen LogP contribution in [0.15, 0.2) is 30.6 Å². The standard InChI is InChI=1S/C9H7ClFN3/c10-7-5-6(1-2-8(7)11)14-4-3-13-9(14)12/h1-5H,(H2,12,13). The summed E-state index contributed by atoms with van der Waals surface area (Å²) in [7, 11) is 0. The van der Waals surface area contributed by atoms with E-state index in [2.05, 4.69) is 4.98 Å². The van der Waals surface area contributed by atoms with E-state index >= 15 is 0 Å². The van der Waals surface area contributed by atoms with E-state index in [1.54, 1.807) is 23.0 Å². The molecule has 0 aliphatic heterocycles. The molecule has 2 N–H and O–H groups in total. The van der Waals surface area contributed by atoms with Crippen LogP contribution in [0.4, 0.5) is 10.3 Å². The largest absolute Gasteiger partial charge is 0.369 e. The van der Waals surface area contributed by atoms with Gasteiger partial charge in [-0.05, 0) is 18.2 Å². The number of nitrogen functional groups attached to an aromatic ring is 1. The highest BCUT2D eigenvalue weighted by Gasteiger charge is 2.04. The van der Waals surface area contributed by atoms with Crippen LogP contribution in [-0.2, 0) is 0 Å². The quantitative estimate of drug-likeness (QED) is 0.786. The Kier molecular flexibility index (Phi) is 2.13. The normalized spacial score (nSPS) is 10.4. The summed E-state index contributed by atoms with van der Waals surface area (Å²) in [5.74, 6) is -0.109. The second-order valence-electron chi connectivity index (χ2n) is 2.75. The highest BCUT2D eigenvalue weighted by molar-refractivity contribution is 6.30. The van der Waals surface area contributed by atoms with E-state index in [9.17, 15) is 4.39 Å². The van der Waals surface area contributed by atoms with E-state index < -0.39 is 5.82 Å². The van der Waals surface area contributed by atoms with Gasteiger partial charge in [-0.25, -0.2) is 9.37 Å². The number of aromatic nitrogens is 2. The van der Waals surface area contributed by atoms with Gasteiger partial charge in [-0.1, -0.05) is 11.6 Å². The van der Waals surface area contributed by atoms with Gasteiger partial charge in [-0.2, -0.15) is 0 Å². The average Bonchev–Trinajstić information content (AvgIpc) is 2.57. The molecule has 0 unspecified atom stereocenters. The molecule has 2 rings (SSSR count). The molecule has 5 heteroatoms. The number of hydrogen-bond donors (Lipinski definition) is 1. The topological polar surface area (TPSA) is 43.8 Å². The van der Waals surface area contributed by atoms with Gasteiger partial charge < -0.3 is 5.73 Å². The lowest BCUT2D eigenvalue weighted by atomic mass is 10.3. The monoisotopic (exact) mass is 211 g/mol. The van der Waals surface area contributed by atoms with E-state index in [1.807, 2.05) is 0 Å². The number of anilines is 1. The van der Waals surface area contributed by atoms with Crippen LogP contribution < -0.4 is 5.73 Å². The molecule has 1 aromatic heterocycles. The first-order chi connectivity index (χ1) is 6.68. The van der Waals surface area contributed by atoms with Gasteiger partial charge in [0.05, 0.1) is 10.7 Å². The molecule has 1 heterocycles. The summed E-state index contributed by atoms with van der Waals surface area (Å²) >= 11 is 5.63. The summed E-state index contributed by atoms with van der Waals surface area (Å²) in [6, 6.07) is 4.37. The minimum Gasteiger partial charge on any atom is -0.369 e. The van der Waals surface area contributed by atoms with E-state index in [1.165, 1.54) is 12.1 Å². The van der Waals surface area contributed by atoms with Gasteiger partial charge in [-0.3, -0.25) is 4.57 Å². The second-order valence-corrected chi connectivity index (χ2v) is 3.16. The van der Waals surface area contributed by atoms with Crippen molar-refractivity contribution in [2.45, 2.75) is 0 Å². The fourth-order valence-electron chi connectivity index (χ4n) is 1.17. The first-order valence-corrected chi connectivity index (χ1v) is 4.30. The lowest BCUT2D eigenvalue weighted by Crippen LogP contribution is -1.99. The molecule has 0 bridgehead atoms. The molecule has 1 aromatic carbocycles. The molecule has 0 aliphatic rings. The average molecular weight is 212 g/mol. The molecule has 0 fully saturated rings. The first kappa shape index (κ1) is 9.02. The van der Waals surface area contributed by atoms with Crippen LogP contribution in [-0.4, -0.2) is 9.55 Å². The Hall–Kier alpha value is -1.55. The van der Waals surface area contributed by atoms with Gasteiger partial charge in [0, 0.05) is 12.4 Å². The van der Waals surface area contributed by atoms with Crippen molar-refractivity contribution in [1.82, 2.24) is 9.55 Å². The lowest BCUT2D eigenvalue weighted by Gasteiger charge is -2.04. The predicted molar refractivity (Wildman–Crippen MR) is 52.9 cm³/mol. The molecule has 3 nitrogen and oxygen atoms in total. The zero-order valence-corrected chi connectivity index (χ0v) is 7.87. The second kappa shape index (κ2) is 3.31. The number of nitrogens with two attached hydrogens (primary N) is 1. The Morgan fingerprint density at radius 3 is 2.79 bits per heavy atom. The Morgan fingerprint density at radius 1 is 1.43 bits per heavy atom. The zero-order valence-electron chi connectivity index (χ0n) is 7.11. The highest BCUT2D eigenvalue weighted by Crippen LogP contribution is 2.20. The van der Waals surface area contributed by atoms with Crippen LogP contribution in [0.1, 0.15) is 0 Å². The van der Waals surface area contributed by atoms with Gasteiger partial charge in [0.1, 0.15) is 5.82 Å². The molecule has 0 atom stereocenters. The Labute approximate surface area is 84.9 Å². The van der Waals surface area contributed by atoms with Crippen molar-refractivity contribution >= 4 is 17.5 Å². The third-order valence-corrected chi connectivity index (χ3v) is 2.14. The summed E-state index contributed by atoms with van der Waals surface area (Å²) in [5, 5.41) is 0.0654. The molecular weight excluding hydrogens is 205 g/mol. The molecule has 0 amide bonds. The number of benzene rings is 1. The molecular formula is C9H7ClFN3. The summed E-state index contributed by atoms with van der Waals surface area (Å²) < 4.78 is 14.5. The number of halogens is 2. The van der Waals surface area contributed by atoms with E-state index in [4.69, 9.17) is 17.3 Å². The number of rotatable bonds is 1. The molecule has 14 heavy (non-hydrogen) atoms. The lowest BCUT2D eigenvalue weighted by molar-refractivity contribution is 0.628. The molecule has 0 saturated carbocycles. The smallest absolute Gasteiger partial charge is 0.204 e. The maximum absolute atomic E-state index is 12.9. The van der Waals surface area contributed by atoms with E-state index in [0.717, 1.165) is 0 Å². The van der Waals surface area contributed by atoms with Gasteiger partial charge in [0.2, 0.25) is 5.95 Å². The van der Waals surface area contributed by atoms with Crippen LogP contribution in [0.25, 0.3) is 5.69 Å². The third kappa shape index (κ3) is 1.44. The summed E-state index contributed by atoms with van der Waals surface area (Å²) in [4.78, 5) is 3.85. The molecule has 0 radical (unpaired) electrons. The van der Waals surface area contributed by atoms with E-state index in [-0.39, 0.29) is 5.02 Å². The SMILES string of the molecule is Nc1nccn1-c1ccc(F)c(Cl)c1. The molecule has 0 spiro atoms. The Morgan fingerprint density at radius 2 is 2.21 bits per heavy atom. The van der Waals surface area contributed by atoms with Crippen molar-refractivity contribution in [3.05, 3.63) is 41.4 Å². The fourth-order valence-corrected chi connectivity index (χ4v) is 1.34. The summed E-state index contributed by atoms with van der Waals surface area (Å²) in [6.07, 6.45) is 3.24. The van der Waals surface area contributed by atoms with Gasteiger partial charge in [0.15, 0.2) is 0 Å². The Bertz CT molecular complexity index is 467. The van der Waals surface area contributed by atoms with Crippen LogP contribution in [0.3, 0.4) is 0 Å². The molecule has 72 valence electrons. The minimum atomic E-state index is -0.450. The van der Waals surface area contributed by atoms with Crippen molar-refractivity contribution in [2.24, 2.45) is 0 Å². The van der Waals surface area contributed by atoms with Gasteiger partial charge in [0.25, 0.3) is 0 Å². The van der Waals surface area contributed by atoms with Crippen molar-refractivity contribution < 1.29 is 4.39 Å².